The maximum Gasteiger partial charge on any atom is 0.338 e. The van der Waals surface area contributed by atoms with E-state index < -0.39 is 0 Å². The number of halogens is 1. The van der Waals surface area contributed by atoms with Gasteiger partial charge in [-0.05, 0) is 60.3 Å². The van der Waals surface area contributed by atoms with E-state index in [4.69, 9.17) is 9.47 Å². The lowest BCUT2D eigenvalue weighted by Crippen LogP contribution is -2.33. The summed E-state index contributed by atoms with van der Waals surface area (Å²) in [6.07, 6.45) is 3.40. The average molecular weight is 356 g/mol. The van der Waals surface area contributed by atoms with Crippen LogP contribution in [0.5, 0.6) is 0 Å². The van der Waals surface area contributed by atoms with Gasteiger partial charge in [0.05, 0.1) is 18.3 Å². The van der Waals surface area contributed by atoms with Crippen LogP contribution in [-0.4, -0.2) is 31.3 Å². The third-order valence-corrected chi connectivity index (χ3v) is 4.32. The molecule has 21 heavy (non-hydrogen) atoms. The summed E-state index contributed by atoms with van der Waals surface area (Å²) in [4.78, 5) is 11.7. The van der Waals surface area contributed by atoms with Crippen LogP contribution in [0, 0.1) is 0 Å². The van der Waals surface area contributed by atoms with Gasteiger partial charge in [-0.25, -0.2) is 4.79 Å². The smallest absolute Gasteiger partial charge is 0.338 e. The lowest BCUT2D eigenvalue weighted by molar-refractivity contribution is 0.00925. The zero-order chi connectivity index (χ0) is 15.2. The normalized spacial score (nSPS) is 21.9. The van der Waals surface area contributed by atoms with E-state index in [2.05, 4.69) is 28.2 Å². The van der Waals surface area contributed by atoms with Crippen LogP contribution in [0.4, 0.5) is 5.69 Å². The number of hydrogen-bond acceptors (Lipinski definition) is 4. The highest BCUT2D eigenvalue weighted by molar-refractivity contribution is 9.10. The predicted octanol–water partition coefficient (Wildman–Crippen LogP) is 4.00. The summed E-state index contributed by atoms with van der Waals surface area (Å²) >= 11 is 3.52. The van der Waals surface area contributed by atoms with E-state index >= 15 is 0 Å². The Bertz CT molecular complexity index is 492. The van der Waals surface area contributed by atoms with E-state index in [1.807, 2.05) is 6.07 Å². The molecule has 1 N–H and O–H groups in total. The molecule has 0 spiro atoms. The fourth-order valence-corrected chi connectivity index (χ4v) is 2.98. The number of esters is 1. The van der Waals surface area contributed by atoms with Crippen LogP contribution in [0.2, 0.25) is 0 Å². The molecule has 0 bridgehead atoms. The molecule has 116 valence electrons. The molecule has 1 fully saturated rings. The molecular weight excluding hydrogens is 334 g/mol. The van der Waals surface area contributed by atoms with Gasteiger partial charge in [-0.2, -0.15) is 0 Å². The molecule has 1 heterocycles. The van der Waals surface area contributed by atoms with Gasteiger partial charge >= 0.3 is 5.97 Å². The van der Waals surface area contributed by atoms with Crippen molar-refractivity contribution in [3.63, 3.8) is 0 Å². The first-order chi connectivity index (χ1) is 10.1. The number of ether oxygens (including phenoxy) is 2. The largest absolute Gasteiger partial charge is 0.462 e. The summed E-state index contributed by atoms with van der Waals surface area (Å²) in [6, 6.07) is 5.93. The van der Waals surface area contributed by atoms with Gasteiger partial charge in [-0.3, -0.25) is 0 Å². The number of benzene rings is 1. The number of rotatable bonds is 5. The zero-order valence-corrected chi connectivity index (χ0v) is 14.1. The SMILES string of the molecule is CCOC(=O)c1ccc(NC2CCOC(CC)C2)c(Br)c1. The van der Waals surface area contributed by atoms with Crippen LogP contribution in [0.1, 0.15) is 43.5 Å². The number of anilines is 1. The average Bonchev–Trinajstić information content (AvgIpc) is 2.49. The molecule has 0 saturated carbocycles. The Kier molecular flexibility index (Phi) is 6.06. The van der Waals surface area contributed by atoms with Crippen LogP contribution in [0.3, 0.4) is 0 Å². The van der Waals surface area contributed by atoms with E-state index in [0.29, 0.717) is 24.3 Å². The number of nitrogens with one attached hydrogen (secondary N) is 1. The molecule has 5 heteroatoms. The highest BCUT2D eigenvalue weighted by Crippen LogP contribution is 2.27. The number of carbonyl (C=O) groups excluding carboxylic acids is 1. The highest BCUT2D eigenvalue weighted by atomic mass is 79.9. The molecular formula is C16H22BrNO3. The van der Waals surface area contributed by atoms with E-state index in [-0.39, 0.29) is 5.97 Å². The van der Waals surface area contributed by atoms with Crippen LogP contribution < -0.4 is 5.32 Å². The summed E-state index contributed by atoms with van der Waals surface area (Å²) in [5.74, 6) is -0.290. The number of hydrogen-bond donors (Lipinski definition) is 1. The Morgan fingerprint density at radius 2 is 2.29 bits per heavy atom. The van der Waals surface area contributed by atoms with Gasteiger partial charge < -0.3 is 14.8 Å². The standard InChI is InChI=1S/C16H22BrNO3/c1-3-13-10-12(7-8-21-13)18-15-6-5-11(9-14(15)17)16(19)20-4-2/h5-6,9,12-13,18H,3-4,7-8,10H2,1-2H3. The summed E-state index contributed by atoms with van der Waals surface area (Å²) < 4.78 is 11.6. The van der Waals surface area contributed by atoms with Crippen molar-refractivity contribution in [3.8, 4) is 0 Å². The maximum atomic E-state index is 11.7. The van der Waals surface area contributed by atoms with Gasteiger partial charge in [-0.1, -0.05) is 6.92 Å². The van der Waals surface area contributed by atoms with Gasteiger partial charge in [0.25, 0.3) is 0 Å². The molecule has 1 aliphatic heterocycles. The molecule has 1 aromatic carbocycles. The van der Waals surface area contributed by atoms with Crippen LogP contribution in [0.15, 0.2) is 22.7 Å². The molecule has 0 aromatic heterocycles. The summed E-state index contributed by atoms with van der Waals surface area (Å²) in [5.41, 5.74) is 1.57. The molecule has 4 nitrogen and oxygen atoms in total. The van der Waals surface area contributed by atoms with E-state index in [1.165, 1.54) is 0 Å². The lowest BCUT2D eigenvalue weighted by Gasteiger charge is -2.30. The highest BCUT2D eigenvalue weighted by Gasteiger charge is 2.21. The summed E-state index contributed by atoms with van der Waals surface area (Å²) in [6.45, 7) is 5.14. The fourth-order valence-electron chi connectivity index (χ4n) is 2.49. The zero-order valence-electron chi connectivity index (χ0n) is 12.5. The van der Waals surface area contributed by atoms with Crippen molar-refractivity contribution in [3.05, 3.63) is 28.2 Å². The molecule has 1 aliphatic rings. The molecule has 2 rings (SSSR count). The monoisotopic (exact) mass is 355 g/mol. The first-order valence-corrected chi connectivity index (χ1v) is 8.28. The van der Waals surface area contributed by atoms with Gasteiger partial charge in [0, 0.05) is 22.8 Å². The Balaban J connectivity index is 2.02. The van der Waals surface area contributed by atoms with Crippen LogP contribution in [-0.2, 0) is 9.47 Å². The van der Waals surface area contributed by atoms with Gasteiger partial charge in [-0.15, -0.1) is 0 Å². The molecule has 2 unspecified atom stereocenters. The predicted molar refractivity (Wildman–Crippen MR) is 86.8 cm³/mol. The van der Waals surface area contributed by atoms with Crippen molar-refractivity contribution < 1.29 is 14.3 Å². The quantitative estimate of drug-likeness (QED) is 0.811. The van der Waals surface area contributed by atoms with Gasteiger partial charge in [0.15, 0.2) is 0 Å². The van der Waals surface area contributed by atoms with Crippen molar-refractivity contribution in [1.82, 2.24) is 0 Å². The second kappa shape index (κ2) is 7.80. The van der Waals surface area contributed by atoms with Crippen molar-refractivity contribution in [2.75, 3.05) is 18.5 Å². The Morgan fingerprint density at radius 3 is 2.95 bits per heavy atom. The number of carbonyl (C=O) groups is 1. The van der Waals surface area contributed by atoms with E-state index in [0.717, 1.165) is 36.0 Å². The van der Waals surface area contributed by atoms with E-state index in [9.17, 15) is 4.79 Å². The molecule has 0 aliphatic carbocycles. The molecule has 0 amide bonds. The first-order valence-electron chi connectivity index (χ1n) is 7.48. The minimum absolute atomic E-state index is 0.290. The van der Waals surface area contributed by atoms with Crippen LogP contribution in [0.25, 0.3) is 0 Å². The Labute approximate surface area is 134 Å². The minimum Gasteiger partial charge on any atom is -0.462 e. The van der Waals surface area contributed by atoms with Crippen molar-refractivity contribution >= 4 is 27.6 Å². The van der Waals surface area contributed by atoms with Gasteiger partial charge in [0.1, 0.15) is 0 Å². The van der Waals surface area contributed by atoms with Crippen molar-refractivity contribution in [2.45, 2.75) is 45.3 Å². The second-order valence-electron chi connectivity index (χ2n) is 5.18. The van der Waals surface area contributed by atoms with Crippen molar-refractivity contribution in [1.29, 1.82) is 0 Å². The van der Waals surface area contributed by atoms with Crippen LogP contribution >= 0.6 is 15.9 Å². The molecule has 1 aromatic rings. The van der Waals surface area contributed by atoms with Crippen molar-refractivity contribution in [2.24, 2.45) is 0 Å². The third-order valence-electron chi connectivity index (χ3n) is 3.66. The fraction of sp³-hybridized carbons (Fsp3) is 0.562. The summed E-state index contributed by atoms with van der Waals surface area (Å²) in [5, 5.41) is 3.53. The lowest BCUT2D eigenvalue weighted by atomic mass is 10.0. The molecule has 1 saturated heterocycles. The van der Waals surface area contributed by atoms with Gasteiger partial charge in [0.2, 0.25) is 0 Å². The first kappa shape index (κ1) is 16.3. The van der Waals surface area contributed by atoms with E-state index in [1.54, 1.807) is 19.1 Å². The Morgan fingerprint density at radius 1 is 1.48 bits per heavy atom. The topological polar surface area (TPSA) is 47.6 Å². The summed E-state index contributed by atoms with van der Waals surface area (Å²) in [7, 11) is 0. The second-order valence-corrected chi connectivity index (χ2v) is 6.04. The molecule has 2 atom stereocenters. The Hall–Kier alpha value is -1.07. The molecule has 0 radical (unpaired) electrons. The minimum atomic E-state index is -0.290. The maximum absolute atomic E-state index is 11.7. The third kappa shape index (κ3) is 4.45.